The Morgan fingerprint density at radius 3 is 2.57 bits per heavy atom. The van der Waals surface area contributed by atoms with Gasteiger partial charge in [0.2, 0.25) is 5.91 Å². The smallest absolute Gasteiger partial charge is 0.230 e. The van der Waals surface area contributed by atoms with Crippen LogP contribution in [0.2, 0.25) is 10.2 Å². The largest absolute Gasteiger partial charge is 0.367 e. The topological polar surface area (TPSA) is 61.4 Å². The lowest BCUT2D eigenvalue weighted by atomic mass is 10.2. The Hall–Kier alpha value is -1.70. The standard InChI is InChI=1S/C21H27Cl2N5OS/c1-2-3-6-9-24-20(29)15-30-21-25-18(23)14-19(26-21)28-12-10-27(11-13-28)17-8-5-4-7-16(17)22/h4-5,7-8,14H,2-3,6,9-13,15H2,1H3,(H,24,29). The van der Waals surface area contributed by atoms with Gasteiger partial charge in [-0.15, -0.1) is 0 Å². The minimum Gasteiger partial charge on any atom is -0.367 e. The molecule has 1 N–H and O–H groups in total. The van der Waals surface area contributed by atoms with E-state index in [1.165, 1.54) is 11.8 Å². The normalized spacial score (nSPS) is 14.1. The number of unbranched alkanes of at least 4 members (excludes halogenated alkanes) is 2. The third-order valence-corrected chi connectivity index (χ3v) is 6.25. The SMILES string of the molecule is CCCCCNC(=O)CSc1nc(Cl)cc(N2CCN(c3ccccc3Cl)CC2)n1. The van der Waals surface area contributed by atoms with Crippen LogP contribution in [0, 0.1) is 0 Å². The van der Waals surface area contributed by atoms with Gasteiger partial charge in [-0.25, -0.2) is 9.97 Å². The number of anilines is 2. The summed E-state index contributed by atoms with van der Waals surface area (Å²) in [7, 11) is 0. The summed E-state index contributed by atoms with van der Waals surface area (Å²) < 4.78 is 0. The van der Waals surface area contributed by atoms with Gasteiger partial charge in [-0.3, -0.25) is 4.79 Å². The first kappa shape index (κ1) is 23.0. The molecule has 1 aromatic heterocycles. The van der Waals surface area contributed by atoms with Crippen molar-refractivity contribution in [2.45, 2.75) is 31.3 Å². The first-order valence-corrected chi connectivity index (χ1v) is 12.0. The van der Waals surface area contributed by atoms with Gasteiger partial charge in [-0.2, -0.15) is 0 Å². The van der Waals surface area contributed by atoms with Crippen LogP contribution in [0.4, 0.5) is 11.5 Å². The number of carbonyl (C=O) groups is 1. The molecule has 6 nitrogen and oxygen atoms in total. The molecule has 162 valence electrons. The van der Waals surface area contributed by atoms with Crippen molar-refractivity contribution >= 4 is 52.4 Å². The van der Waals surface area contributed by atoms with Crippen molar-refractivity contribution in [3.05, 3.63) is 40.5 Å². The molecule has 9 heteroatoms. The van der Waals surface area contributed by atoms with Crippen LogP contribution in [0.15, 0.2) is 35.5 Å². The van der Waals surface area contributed by atoms with Crippen LogP contribution in [-0.2, 0) is 4.79 Å². The second kappa shape index (κ2) is 11.6. The van der Waals surface area contributed by atoms with Crippen LogP contribution in [0.1, 0.15) is 26.2 Å². The zero-order valence-electron chi connectivity index (χ0n) is 17.1. The van der Waals surface area contributed by atoms with Gasteiger partial charge in [0.1, 0.15) is 11.0 Å². The molecule has 1 aliphatic rings. The summed E-state index contributed by atoms with van der Waals surface area (Å²) in [5, 5.41) is 4.61. The van der Waals surface area contributed by atoms with Crippen molar-refractivity contribution < 1.29 is 4.79 Å². The number of aromatic nitrogens is 2. The maximum absolute atomic E-state index is 12.0. The summed E-state index contributed by atoms with van der Waals surface area (Å²) in [6.07, 6.45) is 3.26. The number of halogens is 2. The van der Waals surface area contributed by atoms with Crippen LogP contribution in [0.5, 0.6) is 0 Å². The number of hydrogen-bond acceptors (Lipinski definition) is 6. The van der Waals surface area contributed by atoms with Crippen LogP contribution >= 0.6 is 35.0 Å². The molecule has 1 aliphatic heterocycles. The molecule has 0 radical (unpaired) electrons. The summed E-state index contributed by atoms with van der Waals surface area (Å²) in [5.41, 5.74) is 1.06. The minimum absolute atomic E-state index is 0.00502. The number of nitrogens with zero attached hydrogens (tertiary/aromatic N) is 4. The Morgan fingerprint density at radius 1 is 1.10 bits per heavy atom. The van der Waals surface area contributed by atoms with Crippen molar-refractivity contribution in [2.24, 2.45) is 0 Å². The van der Waals surface area contributed by atoms with Gasteiger partial charge < -0.3 is 15.1 Å². The van der Waals surface area contributed by atoms with Gasteiger partial charge in [-0.1, -0.05) is 66.9 Å². The molecule has 2 heterocycles. The van der Waals surface area contributed by atoms with Gasteiger partial charge in [0.05, 0.1) is 16.5 Å². The second-order valence-corrected chi connectivity index (χ2v) is 8.84. The lowest BCUT2D eigenvalue weighted by molar-refractivity contribution is -0.118. The van der Waals surface area contributed by atoms with Crippen molar-refractivity contribution in [1.29, 1.82) is 0 Å². The highest BCUT2D eigenvalue weighted by Gasteiger charge is 2.21. The van der Waals surface area contributed by atoms with E-state index in [1.54, 1.807) is 6.07 Å². The fourth-order valence-electron chi connectivity index (χ4n) is 3.28. The van der Waals surface area contributed by atoms with E-state index < -0.39 is 0 Å². The molecular weight excluding hydrogens is 441 g/mol. The molecule has 0 spiro atoms. The van der Waals surface area contributed by atoms with Gasteiger partial charge >= 0.3 is 0 Å². The molecule has 1 aromatic carbocycles. The summed E-state index contributed by atoms with van der Waals surface area (Å²) in [6.45, 7) is 6.15. The number of hydrogen-bond donors (Lipinski definition) is 1. The van der Waals surface area contributed by atoms with Crippen LogP contribution in [0.25, 0.3) is 0 Å². The van der Waals surface area contributed by atoms with E-state index in [1.807, 2.05) is 24.3 Å². The minimum atomic E-state index is -0.00502. The van der Waals surface area contributed by atoms with Crippen LogP contribution < -0.4 is 15.1 Å². The number of carbonyl (C=O) groups excluding carboxylic acids is 1. The van der Waals surface area contributed by atoms with Crippen molar-refractivity contribution in [3.8, 4) is 0 Å². The Bertz CT molecular complexity index is 846. The number of piperazine rings is 1. The van der Waals surface area contributed by atoms with Gasteiger partial charge in [0.15, 0.2) is 5.16 Å². The van der Waals surface area contributed by atoms with E-state index in [4.69, 9.17) is 23.2 Å². The van der Waals surface area contributed by atoms with E-state index >= 15 is 0 Å². The molecule has 1 fully saturated rings. The molecule has 0 bridgehead atoms. The van der Waals surface area contributed by atoms with Crippen LogP contribution in [-0.4, -0.2) is 54.4 Å². The van der Waals surface area contributed by atoms with E-state index in [9.17, 15) is 4.79 Å². The highest BCUT2D eigenvalue weighted by atomic mass is 35.5. The Morgan fingerprint density at radius 2 is 1.83 bits per heavy atom. The number of benzene rings is 1. The molecule has 3 rings (SSSR count). The van der Waals surface area contributed by atoms with Crippen molar-refractivity contribution in [2.75, 3.05) is 48.3 Å². The maximum Gasteiger partial charge on any atom is 0.230 e. The molecule has 1 saturated heterocycles. The number of rotatable bonds is 9. The number of nitrogens with one attached hydrogen (secondary N) is 1. The fourth-order valence-corrected chi connectivity index (χ4v) is 4.45. The first-order chi connectivity index (χ1) is 14.6. The average molecular weight is 468 g/mol. The monoisotopic (exact) mass is 467 g/mol. The molecule has 0 atom stereocenters. The summed E-state index contributed by atoms with van der Waals surface area (Å²) in [6, 6.07) is 9.68. The predicted molar refractivity (Wildman–Crippen MR) is 126 cm³/mol. The summed E-state index contributed by atoms with van der Waals surface area (Å²) in [4.78, 5) is 25.4. The molecule has 0 saturated carbocycles. The Balaban J connectivity index is 1.54. The molecule has 0 unspecified atom stereocenters. The molecular formula is C21H27Cl2N5OS. The molecule has 1 amide bonds. The second-order valence-electron chi connectivity index (χ2n) is 7.10. The van der Waals surface area contributed by atoms with Crippen LogP contribution in [0.3, 0.4) is 0 Å². The quantitative estimate of drug-likeness (QED) is 0.253. The third kappa shape index (κ3) is 6.65. The Labute approximate surface area is 192 Å². The highest BCUT2D eigenvalue weighted by Crippen LogP contribution is 2.28. The molecule has 30 heavy (non-hydrogen) atoms. The lowest BCUT2D eigenvalue weighted by Crippen LogP contribution is -2.47. The first-order valence-electron chi connectivity index (χ1n) is 10.3. The van der Waals surface area contributed by atoms with E-state index in [0.717, 1.165) is 62.0 Å². The molecule has 2 aromatic rings. The zero-order chi connectivity index (χ0) is 21.3. The van der Waals surface area contributed by atoms with Gasteiger partial charge in [-0.05, 0) is 18.6 Å². The summed E-state index contributed by atoms with van der Waals surface area (Å²) >= 11 is 13.9. The van der Waals surface area contributed by atoms with Crippen molar-refractivity contribution in [3.63, 3.8) is 0 Å². The third-order valence-electron chi connectivity index (χ3n) is 4.89. The van der Waals surface area contributed by atoms with E-state index in [0.29, 0.717) is 16.9 Å². The lowest BCUT2D eigenvalue weighted by Gasteiger charge is -2.37. The number of para-hydroxylation sites is 1. The molecule has 0 aliphatic carbocycles. The van der Waals surface area contributed by atoms with E-state index in [2.05, 4.69) is 32.0 Å². The van der Waals surface area contributed by atoms with Crippen molar-refractivity contribution in [1.82, 2.24) is 15.3 Å². The number of thioether (sulfide) groups is 1. The number of amides is 1. The summed E-state index contributed by atoms with van der Waals surface area (Å²) in [5.74, 6) is 1.07. The van der Waals surface area contributed by atoms with Gasteiger partial charge in [0.25, 0.3) is 0 Å². The fraction of sp³-hybridized carbons (Fsp3) is 0.476. The Kier molecular flexibility index (Phi) is 8.90. The van der Waals surface area contributed by atoms with E-state index in [-0.39, 0.29) is 11.7 Å². The zero-order valence-corrected chi connectivity index (χ0v) is 19.4. The van der Waals surface area contributed by atoms with Gasteiger partial charge in [0, 0.05) is 38.8 Å². The average Bonchev–Trinajstić information content (AvgIpc) is 2.75. The maximum atomic E-state index is 12.0. The highest BCUT2D eigenvalue weighted by molar-refractivity contribution is 7.99. The predicted octanol–water partition coefficient (Wildman–Crippen LogP) is 4.51.